The Morgan fingerprint density at radius 3 is 2.29 bits per heavy atom. The molecule has 1 saturated heterocycles. The molecular weight excluding hydrogens is 315 g/mol. The molecule has 0 atom stereocenters. The van der Waals surface area contributed by atoms with E-state index in [0.717, 1.165) is 55.8 Å². The first kappa shape index (κ1) is 16.8. The van der Waals surface area contributed by atoms with Gasteiger partial charge in [0.25, 0.3) is 0 Å². The van der Waals surface area contributed by atoms with E-state index in [2.05, 4.69) is 5.32 Å². The van der Waals surface area contributed by atoms with Crippen LogP contribution in [0.25, 0.3) is 0 Å². The molecule has 0 aromatic heterocycles. The van der Waals surface area contributed by atoms with Crippen molar-refractivity contribution in [2.45, 2.75) is 25.4 Å². The topological polar surface area (TPSA) is 21.3 Å². The maximum Gasteiger partial charge on any atom is 0.416 e. The first-order valence-corrected chi connectivity index (χ1v) is 8.16. The van der Waals surface area contributed by atoms with Crippen molar-refractivity contribution in [2.75, 3.05) is 13.1 Å². The lowest BCUT2D eigenvalue weighted by Gasteiger charge is -2.23. The largest absolute Gasteiger partial charge is 0.457 e. The van der Waals surface area contributed by atoms with Crippen LogP contribution >= 0.6 is 0 Å². The maximum absolute atomic E-state index is 12.6. The fourth-order valence-electron chi connectivity index (χ4n) is 3.01. The second kappa shape index (κ2) is 7.26. The SMILES string of the molecule is FC(F)(F)c1ccc(Oc2ccccc2CC2CCNCC2)cc1. The number of para-hydroxylation sites is 1. The molecule has 0 radical (unpaired) electrons. The summed E-state index contributed by atoms with van der Waals surface area (Å²) in [6.45, 7) is 2.07. The van der Waals surface area contributed by atoms with E-state index >= 15 is 0 Å². The first-order valence-electron chi connectivity index (χ1n) is 8.16. The summed E-state index contributed by atoms with van der Waals surface area (Å²) in [5.74, 6) is 1.75. The molecule has 3 rings (SSSR count). The smallest absolute Gasteiger partial charge is 0.416 e. The van der Waals surface area contributed by atoms with Crippen molar-refractivity contribution in [1.82, 2.24) is 5.32 Å². The van der Waals surface area contributed by atoms with Crippen LogP contribution in [0.15, 0.2) is 48.5 Å². The summed E-state index contributed by atoms with van der Waals surface area (Å²) in [6.07, 6.45) is -1.13. The van der Waals surface area contributed by atoms with Gasteiger partial charge in [-0.3, -0.25) is 0 Å². The molecule has 24 heavy (non-hydrogen) atoms. The van der Waals surface area contributed by atoms with Gasteiger partial charge < -0.3 is 10.1 Å². The predicted molar refractivity (Wildman–Crippen MR) is 87.3 cm³/mol. The summed E-state index contributed by atoms with van der Waals surface area (Å²) in [7, 11) is 0. The van der Waals surface area contributed by atoms with Gasteiger partial charge in [-0.25, -0.2) is 0 Å². The number of hydrogen-bond donors (Lipinski definition) is 1. The number of benzene rings is 2. The van der Waals surface area contributed by atoms with Crippen LogP contribution in [0.2, 0.25) is 0 Å². The third kappa shape index (κ3) is 4.29. The fourth-order valence-corrected chi connectivity index (χ4v) is 3.01. The Morgan fingerprint density at radius 1 is 0.958 bits per heavy atom. The van der Waals surface area contributed by atoms with Crippen LogP contribution in [0.3, 0.4) is 0 Å². The molecule has 128 valence electrons. The Morgan fingerprint density at radius 2 is 1.62 bits per heavy atom. The average Bonchev–Trinajstić information content (AvgIpc) is 2.57. The molecule has 1 aliphatic heterocycles. The van der Waals surface area contributed by atoms with Gasteiger partial charge in [0.05, 0.1) is 5.56 Å². The van der Waals surface area contributed by atoms with Gasteiger partial charge in [-0.05, 0) is 74.2 Å². The van der Waals surface area contributed by atoms with Gasteiger partial charge >= 0.3 is 6.18 Å². The Hall–Kier alpha value is -2.01. The number of nitrogens with one attached hydrogen (secondary N) is 1. The number of halogens is 3. The second-order valence-corrected chi connectivity index (χ2v) is 6.13. The molecule has 0 unspecified atom stereocenters. The number of hydrogen-bond acceptors (Lipinski definition) is 2. The van der Waals surface area contributed by atoms with Crippen LogP contribution in [0.5, 0.6) is 11.5 Å². The van der Waals surface area contributed by atoms with E-state index in [9.17, 15) is 13.2 Å². The van der Waals surface area contributed by atoms with E-state index in [1.54, 1.807) is 0 Å². The van der Waals surface area contributed by atoms with Gasteiger partial charge in [-0.1, -0.05) is 18.2 Å². The normalized spacial score (nSPS) is 16.1. The number of piperidine rings is 1. The molecule has 0 amide bonds. The Balaban J connectivity index is 1.72. The van der Waals surface area contributed by atoms with Crippen LogP contribution in [-0.2, 0) is 12.6 Å². The minimum absolute atomic E-state index is 0.417. The molecule has 1 heterocycles. The molecular formula is C19H20F3NO. The van der Waals surface area contributed by atoms with Crippen molar-refractivity contribution < 1.29 is 17.9 Å². The Labute approximate surface area is 139 Å². The summed E-state index contributed by atoms with van der Waals surface area (Å²) in [5, 5.41) is 3.35. The molecule has 0 bridgehead atoms. The minimum atomic E-state index is -4.33. The zero-order valence-electron chi connectivity index (χ0n) is 13.3. The summed E-state index contributed by atoms with van der Waals surface area (Å²) in [4.78, 5) is 0. The summed E-state index contributed by atoms with van der Waals surface area (Å²) in [6, 6.07) is 12.6. The van der Waals surface area contributed by atoms with Gasteiger partial charge in [-0.15, -0.1) is 0 Å². The molecule has 0 saturated carbocycles. The standard InChI is InChI=1S/C19H20F3NO/c20-19(21,22)16-5-7-17(8-6-16)24-18-4-2-1-3-15(18)13-14-9-11-23-12-10-14/h1-8,14,23H,9-13H2. The van der Waals surface area contributed by atoms with Gasteiger partial charge in [-0.2, -0.15) is 13.2 Å². The highest BCUT2D eigenvalue weighted by molar-refractivity contribution is 5.39. The summed E-state index contributed by atoms with van der Waals surface area (Å²) >= 11 is 0. The molecule has 2 nitrogen and oxygen atoms in total. The quantitative estimate of drug-likeness (QED) is 0.845. The molecule has 2 aromatic carbocycles. The van der Waals surface area contributed by atoms with E-state index in [0.29, 0.717) is 11.7 Å². The summed E-state index contributed by atoms with van der Waals surface area (Å²) < 4.78 is 43.7. The molecule has 0 spiro atoms. The highest BCUT2D eigenvalue weighted by atomic mass is 19.4. The number of rotatable bonds is 4. The van der Waals surface area contributed by atoms with Crippen molar-refractivity contribution in [1.29, 1.82) is 0 Å². The van der Waals surface area contributed by atoms with E-state index in [4.69, 9.17) is 4.74 Å². The van der Waals surface area contributed by atoms with Crippen molar-refractivity contribution in [3.63, 3.8) is 0 Å². The molecule has 5 heteroatoms. The zero-order valence-corrected chi connectivity index (χ0v) is 13.3. The van der Waals surface area contributed by atoms with Crippen molar-refractivity contribution in [3.05, 3.63) is 59.7 Å². The van der Waals surface area contributed by atoms with Crippen LogP contribution in [0.1, 0.15) is 24.0 Å². The molecule has 2 aromatic rings. The van der Waals surface area contributed by atoms with E-state index in [1.807, 2.05) is 24.3 Å². The third-order valence-electron chi connectivity index (χ3n) is 4.35. The predicted octanol–water partition coefficient (Wildman–Crippen LogP) is 5.04. The lowest BCUT2D eigenvalue weighted by molar-refractivity contribution is -0.137. The lowest BCUT2D eigenvalue weighted by Crippen LogP contribution is -2.28. The first-order chi connectivity index (χ1) is 11.5. The van der Waals surface area contributed by atoms with Crippen molar-refractivity contribution >= 4 is 0 Å². The average molecular weight is 335 g/mol. The molecule has 1 aliphatic rings. The lowest BCUT2D eigenvalue weighted by atomic mass is 9.90. The van der Waals surface area contributed by atoms with E-state index in [-0.39, 0.29) is 0 Å². The van der Waals surface area contributed by atoms with Crippen LogP contribution in [0.4, 0.5) is 13.2 Å². The van der Waals surface area contributed by atoms with Gasteiger partial charge in [0.2, 0.25) is 0 Å². The zero-order chi connectivity index (χ0) is 17.0. The van der Waals surface area contributed by atoms with E-state index < -0.39 is 11.7 Å². The highest BCUT2D eigenvalue weighted by Gasteiger charge is 2.30. The monoisotopic (exact) mass is 335 g/mol. The van der Waals surface area contributed by atoms with Crippen LogP contribution in [0, 0.1) is 5.92 Å². The Kier molecular flexibility index (Phi) is 5.09. The van der Waals surface area contributed by atoms with Crippen LogP contribution in [-0.4, -0.2) is 13.1 Å². The minimum Gasteiger partial charge on any atom is -0.457 e. The second-order valence-electron chi connectivity index (χ2n) is 6.13. The molecule has 0 aliphatic carbocycles. The van der Waals surface area contributed by atoms with Gasteiger partial charge in [0.15, 0.2) is 0 Å². The maximum atomic E-state index is 12.6. The van der Waals surface area contributed by atoms with E-state index in [1.165, 1.54) is 12.1 Å². The fraction of sp³-hybridized carbons (Fsp3) is 0.368. The highest BCUT2D eigenvalue weighted by Crippen LogP contribution is 2.33. The van der Waals surface area contributed by atoms with Gasteiger partial charge in [0, 0.05) is 0 Å². The number of alkyl halides is 3. The molecule has 1 fully saturated rings. The number of ether oxygens (including phenoxy) is 1. The van der Waals surface area contributed by atoms with Crippen molar-refractivity contribution in [2.24, 2.45) is 5.92 Å². The Bertz CT molecular complexity index is 661. The van der Waals surface area contributed by atoms with Gasteiger partial charge in [0.1, 0.15) is 11.5 Å². The third-order valence-corrected chi connectivity index (χ3v) is 4.35. The molecule has 1 N–H and O–H groups in total. The van der Waals surface area contributed by atoms with Crippen molar-refractivity contribution in [3.8, 4) is 11.5 Å². The summed E-state index contributed by atoms with van der Waals surface area (Å²) in [5.41, 5.74) is 0.433. The van der Waals surface area contributed by atoms with Crippen LogP contribution < -0.4 is 10.1 Å².